The van der Waals surface area contributed by atoms with Crippen LogP contribution in [0.1, 0.15) is 0 Å². The summed E-state index contributed by atoms with van der Waals surface area (Å²) < 4.78 is 39.7. The first-order valence-electron chi connectivity index (χ1n) is 10.8. The molecule has 0 aliphatic carbocycles. The van der Waals surface area contributed by atoms with Gasteiger partial charge < -0.3 is 19.7 Å². The topological polar surface area (TPSA) is 71.1 Å². The van der Waals surface area contributed by atoms with E-state index in [1.165, 1.54) is 4.31 Å². The zero-order valence-corrected chi connectivity index (χ0v) is 22.4. The Morgan fingerprint density at radius 1 is 0.886 bits per heavy atom. The molecule has 7 nitrogen and oxygen atoms in total. The van der Waals surface area contributed by atoms with E-state index in [9.17, 15) is 8.42 Å². The van der Waals surface area contributed by atoms with Gasteiger partial charge in [-0.2, -0.15) is 0 Å². The minimum absolute atomic E-state index is 0. The number of hydrogen-bond acceptors (Lipinski definition) is 6. The number of sulfonamides is 1. The van der Waals surface area contributed by atoms with Crippen molar-refractivity contribution in [1.29, 1.82) is 0 Å². The number of ether oxygens (including phenoxy) is 2. The average molecular weight is 541 g/mol. The summed E-state index contributed by atoms with van der Waals surface area (Å²) in [5, 5.41) is 3.96. The fourth-order valence-electron chi connectivity index (χ4n) is 3.26. The molecule has 1 N–H and O–H groups in total. The van der Waals surface area contributed by atoms with Gasteiger partial charge in [0.1, 0.15) is 18.1 Å². The Morgan fingerprint density at radius 2 is 1.51 bits per heavy atom. The number of rotatable bonds is 12. The Balaban J connectivity index is 0.00000432. The van der Waals surface area contributed by atoms with Gasteiger partial charge in [-0.1, -0.05) is 23.7 Å². The Hall–Kier alpha value is -2.65. The molecule has 0 amide bonds. The van der Waals surface area contributed by atoms with E-state index in [0.717, 1.165) is 0 Å². The molecule has 190 valence electrons. The van der Waals surface area contributed by atoms with Crippen LogP contribution < -0.4 is 19.1 Å². The summed E-state index contributed by atoms with van der Waals surface area (Å²) >= 11 is 5.91. The minimum Gasteiger partial charge on any atom is -0.497 e. The van der Waals surface area contributed by atoms with Gasteiger partial charge in [-0.05, 0) is 74.8 Å². The highest BCUT2D eigenvalue weighted by Crippen LogP contribution is 2.31. The largest absolute Gasteiger partial charge is 0.497 e. The normalized spacial score (nSPS) is 11.0. The van der Waals surface area contributed by atoms with Crippen molar-refractivity contribution >= 4 is 45.4 Å². The molecule has 0 aromatic heterocycles. The van der Waals surface area contributed by atoms with E-state index < -0.39 is 10.0 Å². The summed E-state index contributed by atoms with van der Waals surface area (Å²) in [7, 11) is 1.57. The van der Waals surface area contributed by atoms with Gasteiger partial charge >= 0.3 is 0 Å². The molecule has 0 radical (unpaired) electrons. The van der Waals surface area contributed by atoms with E-state index in [1.54, 1.807) is 61.7 Å². The highest BCUT2D eigenvalue weighted by Gasteiger charge is 2.26. The van der Waals surface area contributed by atoms with E-state index in [1.807, 2.05) is 37.2 Å². The van der Waals surface area contributed by atoms with Crippen LogP contribution in [-0.2, 0) is 10.0 Å². The number of benzene rings is 3. The molecule has 0 aliphatic rings. The van der Waals surface area contributed by atoms with Crippen LogP contribution in [0.2, 0.25) is 5.02 Å². The van der Waals surface area contributed by atoms with E-state index >= 15 is 0 Å². The van der Waals surface area contributed by atoms with Gasteiger partial charge in [0.2, 0.25) is 0 Å². The first-order chi connectivity index (χ1) is 16.3. The molecule has 0 fully saturated rings. The fraction of sp³-hybridized carbons (Fsp3) is 0.280. The lowest BCUT2D eigenvalue weighted by atomic mass is 10.2. The fourth-order valence-corrected chi connectivity index (χ4v) is 4.86. The second-order valence-corrected chi connectivity index (χ2v) is 10.1. The zero-order chi connectivity index (χ0) is 24.6. The molecule has 0 heterocycles. The lowest BCUT2D eigenvalue weighted by Gasteiger charge is -2.28. The number of para-hydroxylation sites is 2. The van der Waals surface area contributed by atoms with Crippen LogP contribution in [0.3, 0.4) is 0 Å². The van der Waals surface area contributed by atoms with Crippen molar-refractivity contribution in [3.63, 3.8) is 0 Å². The van der Waals surface area contributed by atoms with E-state index in [-0.39, 0.29) is 17.3 Å². The van der Waals surface area contributed by atoms with Crippen LogP contribution in [-0.4, -0.2) is 60.8 Å². The van der Waals surface area contributed by atoms with Gasteiger partial charge in [-0.3, -0.25) is 4.31 Å². The van der Waals surface area contributed by atoms with Crippen LogP contribution in [0.5, 0.6) is 11.5 Å². The molecular weight excluding hydrogens is 509 g/mol. The average Bonchev–Trinajstić information content (AvgIpc) is 2.83. The molecule has 0 unspecified atom stereocenters. The predicted octanol–water partition coefficient (Wildman–Crippen LogP) is 5.02. The van der Waals surface area contributed by atoms with Crippen LogP contribution in [0.4, 0.5) is 11.4 Å². The van der Waals surface area contributed by atoms with Crippen molar-refractivity contribution in [1.82, 2.24) is 4.90 Å². The summed E-state index contributed by atoms with van der Waals surface area (Å²) in [6.07, 6.45) is 0. The van der Waals surface area contributed by atoms with E-state index in [2.05, 4.69) is 5.32 Å². The van der Waals surface area contributed by atoms with E-state index in [0.29, 0.717) is 54.1 Å². The number of anilines is 2. The summed E-state index contributed by atoms with van der Waals surface area (Å²) in [6.45, 7) is 1.74. The van der Waals surface area contributed by atoms with Crippen molar-refractivity contribution in [2.75, 3.05) is 57.1 Å². The molecule has 0 atom stereocenters. The molecule has 0 spiro atoms. The molecule has 0 bridgehead atoms. The van der Waals surface area contributed by atoms with Gasteiger partial charge in [0.15, 0.2) is 0 Å². The maximum atomic E-state index is 13.6. The lowest BCUT2D eigenvalue weighted by Crippen LogP contribution is -2.37. The third-order valence-electron chi connectivity index (χ3n) is 5.07. The Kier molecular flexibility index (Phi) is 11.0. The van der Waals surface area contributed by atoms with Crippen LogP contribution in [0.15, 0.2) is 77.7 Å². The predicted molar refractivity (Wildman–Crippen MR) is 145 cm³/mol. The van der Waals surface area contributed by atoms with Gasteiger partial charge in [0, 0.05) is 24.7 Å². The molecule has 3 aromatic carbocycles. The molecule has 0 saturated carbocycles. The molecule has 3 aromatic rings. The summed E-state index contributed by atoms with van der Waals surface area (Å²) in [5.74, 6) is 1.32. The van der Waals surface area contributed by atoms with Gasteiger partial charge in [-0.25, -0.2) is 8.42 Å². The molecule has 3 rings (SSSR count). The zero-order valence-electron chi connectivity index (χ0n) is 20.0. The van der Waals surface area contributed by atoms with E-state index in [4.69, 9.17) is 21.1 Å². The van der Waals surface area contributed by atoms with Gasteiger partial charge in [-0.15, -0.1) is 12.4 Å². The van der Waals surface area contributed by atoms with Crippen LogP contribution in [0, 0.1) is 0 Å². The first kappa shape index (κ1) is 28.6. The van der Waals surface area contributed by atoms with Gasteiger partial charge in [0.05, 0.1) is 23.4 Å². The maximum Gasteiger partial charge on any atom is 0.264 e. The number of likely N-dealkylation sites (N-methyl/N-ethyl adjacent to an activating group) is 1. The first-order valence-corrected chi connectivity index (χ1v) is 12.7. The maximum absolute atomic E-state index is 13.6. The van der Waals surface area contributed by atoms with Crippen molar-refractivity contribution in [2.24, 2.45) is 0 Å². The van der Waals surface area contributed by atoms with Crippen LogP contribution >= 0.6 is 24.0 Å². The highest BCUT2D eigenvalue weighted by molar-refractivity contribution is 7.92. The summed E-state index contributed by atoms with van der Waals surface area (Å²) in [5.41, 5.74) is 1.28. The second kappa shape index (κ2) is 13.4. The number of hydrogen-bond donors (Lipinski definition) is 1. The molecule has 35 heavy (non-hydrogen) atoms. The number of methoxy groups -OCH3 is 1. The van der Waals surface area contributed by atoms with Crippen molar-refractivity contribution in [3.8, 4) is 11.5 Å². The summed E-state index contributed by atoms with van der Waals surface area (Å²) in [6, 6.07) is 20.9. The van der Waals surface area contributed by atoms with Gasteiger partial charge in [0.25, 0.3) is 10.0 Å². The standard InChI is InChI=1S/C25H30ClN3O4S.ClH/c1-28(2)17-18-29(34(30,31)23-14-12-21(32-3)13-15-23)25-7-5-4-6-24(25)27-16-19-33-22-10-8-20(26)9-11-22;/h4-15,27H,16-19H2,1-3H3;1H. The van der Waals surface area contributed by atoms with Crippen molar-refractivity contribution in [3.05, 3.63) is 77.8 Å². The molecular formula is C25H31Cl2N3O4S. The Morgan fingerprint density at radius 3 is 2.14 bits per heavy atom. The quantitative estimate of drug-likeness (QED) is 0.326. The highest BCUT2D eigenvalue weighted by atomic mass is 35.5. The smallest absolute Gasteiger partial charge is 0.264 e. The van der Waals surface area contributed by atoms with Crippen molar-refractivity contribution in [2.45, 2.75) is 4.90 Å². The van der Waals surface area contributed by atoms with Crippen molar-refractivity contribution < 1.29 is 17.9 Å². The SMILES string of the molecule is COc1ccc(S(=O)(=O)N(CCN(C)C)c2ccccc2NCCOc2ccc(Cl)cc2)cc1.Cl. The third kappa shape index (κ3) is 7.93. The molecule has 0 saturated heterocycles. The lowest BCUT2D eigenvalue weighted by molar-refractivity contribution is 0.333. The molecule has 0 aliphatic heterocycles. The second-order valence-electron chi connectivity index (χ2n) is 7.80. The Labute approximate surface area is 219 Å². The molecule has 10 heteroatoms. The summed E-state index contributed by atoms with van der Waals surface area (Å²) in [4.78, 5) is 2.15. The Bertz CT molecular complexity index is 1160. The third-order valence-corrected chi connectivity index (χ3v) is 7.15. The monoisotopic (exact) mass is 539 g/mol. The number of nitrogens with zero attached hydrogens (tertiary/aromatic N) is 2. The minimum atomic E-state index is -3.81. The van der Waals surface area contributed by atoms with Crippen LogP contribution in [0.25, 0.3) is 0 Å². The number of nitrogens with one attached hydrogen (secondary N) is 1. The number of halogens is 2.